The molecule has 0 spiro atoms. The van der Waals surface area contributed by atoms with Gasteiger partial charge >= 0.3 is 0 Å². The third kappa shape index (κ3) is 3.40. The number of fused-ring (bicyclic) bond motifs is 2. The molecule has 5 nitrogen and oxygen atoms in total. The van der Waals surface area contributed by atoms with Crippen LogP contribution in [0, 0.1) is 0 Å². The van der Waals surface area contributed by atoms with Crippen LogP contribution in [0.3, 0.4) is 0 Å². The van der Waals surface area contributed by atoms with Gasteiger partial charge in [0.15, 0.2) is 12.2 Å². The number of imide groups is 1. The highest BCUT2D eigenvalue weighted by atomic mass is 79.9. The maximum atomic E-state index is 12.5. The SMILES string of the molecule is CC(CCCN1C(=O)c2ccccc2C1=O)[n+]1ccc(N)c2ccccc21.[Br-]. The normalized spacial score (nSPS) is 14.1. The number of nitrogens with two attached hydrogens (primary N) is 1. The van der Waals surface area contributed by atoms with Crippen LogP contribution in [-0.4, -0.2) is 23.3 Å². The molecule has 0 radical (unpaired) electrons. The van der Waals surface area contributed by atoms with E-state index < -0.39 is 0 Å². The fraction of sp³-hybridized carbons (Fsp3) is 0.227. The quantitative estimate of drug-likeness (QED) is 0.460. The number of pyridine rings is 1. The smallest absolute Gasteiger partial charge is 0.261 e. The minimum Gasteiger partial charge on any atom is -1.00 e. The van der Waals surface area contributed by atoms with Gasteiger partial charge in [0.1, 0.15) is 0 Å². The van der Waals surface area contributed by atoms with Gasteiger partial charge in [0.25, 0.3) is 11.8 Å². The summed E-state index contributed by atoms with van der Waals surface area (Å²) in [6.45, 7) is 2.58. The molecule has 1 aliphatic heterocycles. The van der Waals surface area contributed by atoms with Crippen LogP contribution in [0.15, 0.2) is 60.8 Å². The summed E-state index contributed by atoms with van der Waals surface area (Å²) < 4.78 is 2.20. The molecule has 0 fully saturated rings. The number of anilines is 1. The fourth-order valence-electron chi connectivity index (χ4n) is 3.78. The summed E-state index contributed by atoms with van der Waals surface area (Å²) in [5.74, 6) is -0.373. The van der Waals surface area contributed by atoms with Crippen LogP contribution >= 0.6 is 0 Å². The number of carbonyl (C=O) groups excluding carboxylic acids is 2. The van der Waals surface area contributed by atoms with Gasteiger partial charge in [-0.05, 0) is 31.5 Å². The Labute approximate surface area is 174 Å². The molecular formula is C22H22BrN3O2. The molecule has 1 unspecified atom stereocenters. The lowest BCUT2D eigenvalue weighted by Gasteiger charge is -2.15. The molecule has 3 aromatic rings. The second-order valence-corrected chi connectivity index (χ2v) is 6.99. The average Bonchev–Trinajstić information content (AvgIpc) is 2.93. The van der Waals surface area contributed by atoms with Gasteiger partial charge in [-0.25, -0.2) is 0 Å². The van der Waals surface area contributed by atoms with E-state index >= 15 is 0 Å². The second-order valence-electron chi connectivity index (χ2n) is 6.99. The topological polar surface area (TPSA) is 67.3 Å². The molecule has 2 amide bonds. The summed E-state index contributed by atoms with van der Waals surface area (Å²) in [5.41, 5.74) is 8.96. The Morgan fingerprint density at radius 2 is 1.57 bits per heavy atom. The third-order valence-electron chi connectivity index (χ3n) is 5.26. The zero-order valence-corrected chi connectivity index (χ0v) is 17.2. The van der Waals surface area contributed by atoms with Crippen molar-refractivity contribution >= 4 is 28.4 Å². The number of rotatable bonds is 5. The van der Waals surface area contributed by atoms with E-state index in [0.29, 0.717) is 17.7 Å². The molecule has 2 aromatic carbocycles. The standard InChI is InChI=1S/C22H21N3O2.BrH/c1-15(24-14-12-19(23)18-10-4-5-11-20(18)24)7-6-13-25-21(26)16-8-2-3-9-17(16)22(25)27;/h2-5,8-12,14-15,23H,6-7,13H2,1H3;1H. The maximum absolute atomic E-state index is 12.5. The Morgan fingerprint density at radius 1 is 0.964 bits per heavy atom. The summed E-state index contributed by atoms with van der Waals surface area (Å²) in [6, 6.07) is 17.2. The summed E-state index contributed by atoms with van der Waals surface area (Å²) in [5, 5.41) is 1.03. The monoisotopic (exact) mass is 439 g/mol. The number of halogens is 1. The van der Waals surface area contributed by atoms with Gasteiger partial charge in [0.2, 0.25) is 5.52 Å². The van der Waals surface area contributed by atoms with Crippen molar-refractivity contribution in [3.8, 4) is 0 Å². The molecule has 0 aliphatic carbocycles. The molecule has 4 rings (SSSR count). The molecule has 28 heavy (non-hydrogen) atoms. The number of benzene rings is 2. The van der Waals surface area contributed by atoms with Gasteiger partial charge in [-0.15, -0.1) is 0 Å². The van der Waals surface area contributed by atoms with Crippen molar-refractivity contribution in [1.82, 2.24) is 4.90 Å². The zero-order chi connectivity index (χ0) is 19.0. The average molecular weight is 440 g/mol. The first-order chi connectivity index (χ1) is 13.1. The molecule has 2 heterocycles. The lowest BCUT2D eigenvalue weighted by Crippen LogP contribution is -3.00. The van der Waals surface area contributed by atoms with Crippen molar-refractivity contribution in [3.05, 3.63) is 71.9 Å². The first-order valence-electron chi connectivity index (χ1n) is 9.21. The number of amides is 2. The van der Waals surface area contributed by atoms with Gasteiger partial charge in [-0.3, -0.25) is 14.5 Å². The number of hydrogen-bond donors (Lipinski definition) is 1. The lowest BCUT2D eigenvalue weighted by molar-refractivity contribution is -0.695. The minimum absolute atomic E-state index is 0. The van der Waals surface area contributed by atoms with Crippen LogP contribution in [-0.2, 0) is 0 Å². The van der Waals surface area contributed by atoms with Crippen LogP contribution in [0.2, 0.25) is 0 Å². The molecule has 0 saturated heterocycles. The van der Waals surface area contributed by atoms with E-state index in [4.69, 9.17) is 5.73 Å². The fourth-order valence-corrected chi connectivity index (χ4v) is 3.78. The molecule has 1 aliphatic rings. The number of aromatic nitrogens is 1. The molecule has 1 aromatic heterocycles. The number of nitrogens with zero attached hydrogens (tertiary/aromatic N) is 2. The highest BCUT2D eigenvalue weighted by molar-refractivity contribution is 6.21. The van der Waals surface area contributed by atoms with E-state index in [2.05, 4.69) is 17.6 Å². The summed E-state index contributed by atoms with van der Waals surface area (Å²) in [6.07, 6.45) is 3.61. The number of nitrogen functional groups attached to an aromatic ring is 1. The van der Waals surface area contributed by atoms with Crippen molar-refractivity contribution in [2.45, 2.75) is 25.8 Å². The van der Waals surface area contributed by atoms with Crippen molar-refractivity contribution in [2.75, 3.05) is 12.3 Å². The lowest BCUT2D eigenvalue weighted by atomic mass is 10.1. The summed E-state index contributed by atoms with van der Waals surface area (Å²) >= 11 is 0. The Kier molecular flexibility index (Phi) is 5.79. The van der Waals surface area contributed by atoms with Gasteiger partial charge in [-0.2, -0.15) is 4.57 Å². The first kappa shape index (κ1) is 20.0. The first-order valence-corrected chi connectivity index (χ1v) is 9.21. The molecule has 6 heteroatoms. The van der Waals surface area contributed by atoms with Gasteiger partial charge in [0.05, 0.1) is 22.2 Å². The Bertz CT molecular complexity index is 1020. The summed E-state index contributed by atoms with van der Waals surface area (Å²) in [4.78, 5) is 26.3. The van der Waals surface area contributed by atoms with E-state index in [1.165, 1.54) is 4.90 Å². The second kappa shape index (κ2) is 8.10. The minimum atomic E-state index is -0.186. The molecule has 144 valence electrons. The number of para-hydroxylation sites is 1. The predicted octanol–water partition coefficient (Wildman–Crippen LogP) is 0.351. The molecular weight excluding hydrogens is 418 g/mol. The number of carbonyl (C=O) groups is 2. The van der Waals surface area contributed by atoms with Gasteiger partial charge in [-0.1, -0.05) is 24.3 Å². The molecule has 0 saturated carbocycles. The molecule has 0 bridgehead atoms. The summed E-state index contributed by atoms with van der Waals surface area (Å²) in [7, 11) is 0. The van der Waals surface area contributed by atoms with Crippen molar-refractivity contribution in [2.24, 2.45) is 0 Å². The highest BCUT2D eigenvalue weighted by Crippen LogP contribution is 2.24. The molecule has 1 atom stereocenters. The maximum Gasteiger partial charge on any atom is 0.261 e. The molecule has 2 N–H and O–H groups in total. The number of hydrogen-bond acceptors (Lipinski definition) is 3. The van der Waals surface area contributed by atoms with Crippen LogP contribution in [0.4, 0.5) is 5.69 Å². The zero-order valence-electron chi connectivity index (χ0n) is 15.6. The highest BCUT2D eigenvalue weighted by Gasteiger charge is 2.34. The van der Waals surface area contributed by atoms with Crippen LogP contribution in [0.25, 0.3) is 10.9 Å². The van der Waals surface area contributed by atoms with Crippen LogP contribution in [0.5, 0.6) is 0 Å². The largest absolute Gasteiger partial charge is 1.00 e. The predicted molar refractivity (Wildman–Crippen MR) is 104 cm³/mol. The third-order valence-corrected chi connectivity index (χ3v) is 5.26. The van der Waals surface area contributed by atoms with Crippen LogP contribution in [0.1, 0.15) is 46.5 Å². The van der Waals surface area contributed by atoms with Crippen molar-refractivity contribution in [1.29, 1.82) is 0 Å². The Hall–Kier alpha value is -2.73. The van der Waals surface area contributed by atoms with Crippen LogP contribution < -0.4 is 27.3 Å². The van der Waals surface area contributed by atoms with Gasteiger partial charge < -0.3 is 22.7 Å². The Balaban J connectivity index is 0.00000225. The van der Waals surface area contributed by atoms with E-state index in [0.717, 1.165) is 29.4 Å². The van der Waals surface area contributed by atoms with E-state index in [1.54, 1.807) is 24.3 Å². The van der Waals surface area contributed by atoms with E-state index in [9.17, 15) is 9.59 Å². The van der Waals surface area contributed by atoms with E-state index in [-0.39, 0.29) is 34.8 Å². The van der Waals surface area contributed by atoms with Gasteiger partial charge in [0, 0.05) is 25.1 Å². The van der Waals surface area contributed by atoms with Crippen molar-refractivity contribution < 1.29 is 31.1 Å². The Morgan fingerprint density at radius 3 is 2.25 bits per heavy atom. The van der Waals surface area contributed by atoms with E-state index in [1.807, 2.05) is 30.5 Å². The van der Waals surface area contributed by atoms with Crippen molar-refractivity contribution in [3.63, 3.8) is 0 Å².